The molecule has 0 saturated carbocycles. The molecular formula is C13H15F3N2O2. The van der Waals surface area contributed by atoms with Crippen molar-refractivity contribution in [1.29, 1.82) is 0 Å². The predicted octanol–water partition coefficient (Wildman–Crippen LogP) is 2.11. The molecule has 20 heavy (non-hydrogen) atoms. The minimum absolute atomic E-state index is 0.0741. The molecule has 0 unspecified atom stereocenters. The summed E-state index contributed by atoms with van der Waals surface area (Å²) in [5.74, 6) is 4.71. The maximum atomic E-state index is 13.4. The summed E-state index contributed by atoms with van der Waals surface area (Å²) in [7, 11) is 0. The van der Waals surface area contributed by atoms with Crippen molar-refractivity contribution >= 4 is 5.91 Å². The fourth-order valence-corrected chi connectivity index (χ4v) is 2.28. The number of carbonyl (C=O) groups is 1. The van der Waals surface area contributed by atoms with Crippen molar-refractivity contribution < 1.29 is 22.7 Å². The molecule has 0 radical (unpaired) electrons. The molecule has 1 aromatic rings. The van der Waals surface area contributed by atoms with Gasteiger partial charge in [0, 0.05) is 31.6 Å². The molecule has 1 aliphatic rings. The Morgan fingerprint density at radius 1 is 1.20 bits per heavy atom. The molecular weight excluding hydrogens is 273 g/mol. The first-order chi connectivity index (χ1) is 9.38. The van der Waals surface area contributed by atoms with Crippen LogP contribution < -0.4 is 5.84 Å². The minimum Gasteiger partial charge on any atom is -0.381 e. The molecule has 7 heteroatoms. The highest BCUT2D eigenvalue weighted by molar-refractivity contribution is 5.94. The van der Waals surface area contributed by atoms with Crippen LogP contribution in [0, 0.1) is 0 Å². The van der Waals surface area contributed by atoms with Gasteiger partial charge in [-0.3, -0.25) is 9.80 Å². The van der Waals surface area contributed by atoms with Crippen LogP contribution in [-0.2, 0) is 4.74 Å². The lowest BCUT2D eigenvalue weighted by molar-refractivity contribution is -0.244. The molecule has 0 spiro atoms. The molecule has 0 bridgehead atoms. The third-order valence-electron chi connectivity index (χ3n) is 3.55. The van der Waals surface area contributed by atoms with Gasteiger partial charge in [-0.05, 0) is 12.1 Å². The van der Waals surface area contributed by atoms with Crippen LogP contribution in [0.1, 0.15) is 23.2 Å². The van der Waals surface area contributed by atoms with Gasteiger partial charge >= 0.3 is 6.18 Å². The van der Waals surface area contributed by atoms with Crippen molar-refractivity contribution in [3.8, 4) is 0 Å². The molecule has 1 saturated heterocycles. The van der Waals surface area contributed by atoms with Crippen LogP contribution >= 0.6 is 0 Å². The van der Waals surface area contributed by atoms with Gasteiger partial charge in [0.1, 0.15) is 0 Å². The smallest absolute Gasteiger partial charge is 0.381 e. The van der Waals surface area contributed by atoms with Crippen molar-refractivity contribution in [3.63, 3.8) is 0 Å². The molecule has 1 aromatic carbocycles. The molecule has 4 nitrogen and oxygen atoms in total. The van der Waals surface area contributed by atoms with Gasteiger partial charge in [-0.15, -0.1) is 0 Å². The summed E-state index contributed by atoms with van der Waals surface area (Å²) in [4.78, 5) is 12.2. The van der Waals surface area contributed by atoms with E-state index in [1.54, 1.807) is 18.2 Å². The number of carbonyl (C=O) groups excluding carboxylic acids is 1. The SMILES string of the molecule is NN(C(=O)c1ccccc1)C1(C(F)(F)F)CCOCC1. The van der Waals surface area contributed by atoms with E-state index in [0.717, 1.165) is 0 Å². The normalized spacial score (nSPS) is 18.6. The molecule has 0 atom stereocenters. The highest BCUT2D eigenvalue weighted by Gasteiger charge is 2.60. The molecule has 2 N–H and O–H groups in total. The number of rotatable bonds is 2. The van der Waals surface area contributed by atoms with E-state index in [1.807, 2.05) is 0 Å². The summed E-state index contributed by atoms with van der Waals surface area (Å²) in [6.45, 7) is -0.148. The largest absolute Gasteiger partial charge is 0.413 e. The fourth-order valence-electron chi connectivity index (χ4n) is 2.28. The van der Waals surface area contributed by atoms with Crippen LogP contribution in [0.4, 0.5) is 13.2 Å². The van der Waals surface area contributed by atoms with Crippen LogP contribution in [0.5, 0.6) is 0 Å². The lowest BCUT2D eigenvalue weighted by Gasteiger charge is -2.44. The number of nitrogens with two attached hydrogens (primary N) is 1. The van der Waals surface area contributed by atoms with Gasteiger partial charge in [0.25, 0.3) is 5.91 Å². The van der Waals surface area contributed by atoms with Crippen molar-refractivity contribution in [3.05, 3.63) is 35.9 Å². The maximum Gasteiger partial charge on any atom is 0.413 e. The average Bonchev–Trinajstić information content (AvgIpc) is 2.46. The zero-order chi connectivity index (χ0) is 14.8. The Labute approximate surface area is 114 Å². The fraction of sp³-hybridized carbons (Fsp3) is 0.462. The summed E-state index contributed by atoms with van der Waals surface area (Å²) in [5, 5.41) is 0.324. The van der Waals surface area contributed by atoms with Gasteiger partial charge in [0.15, 0.2) is 5.54 Å². The zero-order valence-electron chi connectivity index (χ0n) is 10.7. The Bertz CT molecular complexity index is 470. The first kappa shape index (κ1) is 14.8. The van der Waals surface area contributed by atoms with Crippen molar-refractivity contribution in [2.75, 3.05) is 13.2 Å². The van der Waals surface area contributed by atoms with Crippen LogP contribution in [0.25, 0.3) is 0 Å². The number of alkyl halides is 3. The van der Waals surface area contributed by atoms with Crippen LogP contribution in [-0.4, -0.2) is 35.8 Å². The van der Waals surface area contributed by atoms with Crippen LogP contribution in [0.15, 0.2) is 30.3 Å². The second kappa shape index (κ2) is 5.41. The van der Waals surface area contributed by atoms with Crippen LogP contribution in [0.3, 0.4) is 0 Å². The van der Waals surface area contributed by atoms with E-state index in [4.69, 9.17) is 10.6 Å². The number of hydrogen-bond acceptors (Lipinski definition) is 3. The molecule has 1 fully saturated rings. The van der Waals surface area contributed by atoms with E-state index in [2.05, 4.69) is 0 Å². The number of hydrazine groups is 1. The van der Waals surface area contributed by atoms with Crippen molar-refractivity contribution in [2.24, 2.45) is 5.84 Å². The van der Waals surface area contributed by atoms with Crippen molar-refractivity contribution in [2.45, 2.75) is 24.6 Å². The summed E-state index contributed by atoms with van der Waals surface area (Å²) < 4.78 is 45.1. The molecule has 1 aliphatic heterocycles. The summed E-state index contributed by atoms with van der Waals surface area (Å²) in [6.07, 6.45) is -5.31. The van der Waals surface area contributed by atoms with Gasteiger partial charge in [0.2, 0.25) is 0 Å². The Kier molecular flexibility index (Phi) is 4.01. The lowest BCUT2D eigenvalue weighted by Crippen LogP contribution is -2.65. The molecule has 0 aliphatic carbocycles. The number of benzene rings is 1. The van der Waals surface area contributed by atoms with Gasteiger partial charge in [-0.2, -0.15) is 13.2 Å². The second-order valence-corrected chi connectivity index (χ2v) is 4.68. The standard InChI is InChI=1S/C13H15F3N2O2/c14-13(15,16)12(6-8-20-9-7-12)18(17)11(19)10-4-2-1-3-5-10/h1-5H,6-9,17H2. The first-order valence-corrected chi connectivity index (χ1v) is 6.17. The summed E-state index contributed by atoms with van der Waals surface area (Å²) in [6, 6.07) is 7.69. The Balaban J connectivity index is 2.32. The van der Waals surface area contributed by atoms with Gasteiger partial charge in [0.05, 0.1) is 0 Å². The Morgan fingerprint density at radius 3 is 2.25 bits per heavy atom. The zero-order valence-corrected chi connectivity index (χ0v) is 10.7. The molecule has 1 heterocycles. The maximum absolute atomic E-state index is 13.4. The highest BCUT2D eigenvalue weighted by Crippen LogP contribution is 2.42. The third kappa shape index (κ3) is 2.51. The molecule has 0 aromatic heterocycles. The van der Waals surface area contributed by atoms with Gasteiger partial charge < -0.3 is 4.74 Å². The summed E-state index contributed by atoms with van der Waals surface area (Å²) in [5.41, 5.74) is -2.23. The average molecular weight is 288 g/mol. The quantitative estimate of drug-likeness (QED) is 0.515. The molecule has 2 rings (SSSR count). The van der Waals surface area contributed by atoms with E-state index in [9.17, 15) is 18.0 Å². The number of amides is 1. The number of halogens is 3. The van der Waals surface area contributed by atoms with E-state index < -0.39 is 17.6 Å². The minimum atomic E-state index is -4.60. The first-order valence-electron chi connectivity index (χ1n) is 6.17. The van der Waals surface area contributed by atoms with E-state index in [-0.39, 0.29) is 31.6 Å². The summed E-state index contributed by atoms with van der Waals surface area (Å²) >= 11 is 0. The highest BCUT2D eigenvalue weighted by atomic mass is 19.4. The molecule has 1 amide bonds. The third-order valence-corrected chi connectivity index (χ3v) is 3.55. The van der Waals surface area contributed by atoms with E-state index in [1.165, 1.54) is 12.1 Å². The van der Waals surface area contributed by atoms with E-state index in [0.29, 0.717) is 5.01 Å². The Hall–Kier alpha value is -1.60. The number of ether oxygens (including phenoxy) is 1. The lowest BCUT2D eigenvalue weighted by atomic mass is 9.88. The number of hydrogen-bond donors (Lipinski definition) is 1. The Morgan fingerprint density at radius 2 is 1.75 bits per heavy atom. The van der Waals surface area contributed by atoms with Crippen molar-refractivity contribution in [1.82, 2.24) is 5.01 Å². The molecule has 110 valence electrons. The second-order valence-electron chi connectivity index (χ2n) is 4.68. The predicted molar refractivity (Wildman–Crippen MR) is 65.6 cm³/mol. The monoisotopic (exact) mass is 288 g/mol. The van der Waals surface area contributed by atoms with E-state index >= 15 is 0 Å². The van der Waals surface area contributed by atoms with Gasteiger partial charge in [-0.1, -0.05) is 18.2 Å². The van der Waals surface area contributed by atoms with Crippen LogP contribution in [0.2, 0.25) is 0 Å². The number of nitrogens with zero attached hydrogens (tertiary/aromatic N) is 1. The van der Waals surface area contributed by atoms with Gasteiger partial charge in [-0.25, -0.2) is 5.84 Å². The topological polar surface area (TPSA) is 55.6 Å².